The van der Waals surface area contributed by atoms with Crippen molar-refractivity contribution in [1.82, 2.24) is 5.32 Å². The monoisotopic (exact) mass is 275 g/mol. The normalized spacial score (nSPS) is 25.1. The van der Waals surface area contributed by atoms with Crippen LogP contribution in [0.3, 0.4) is 0 Å². The first-order valence-corrected chi connectivity index (χ1v) is 7.94. The van der Waals surface area contributed by atoms with E-state index in [1.54, 1.807) is 0 Å². The Hall–Kier alpha value is -1.02. The zero-order valence-electron chi connectivity index (χ0n) is 13.6. The molecular formula is C18H29NO. The lowest BCUT2D eigenvalue weighted by atomic mass is 9.87. The van der Waals surface area contributed by atoms with Crippen LogP contribution in [0, 0.1) is 5.41 Å². The van der Waals surface area contributed by atoms with Crippen LogP contribution >= 0.6 is 0 Å². The molecule has 1 aliphatic rings. The number of hydrogen-bond acceptors (Lipinski definition) is 2. The fourth-order valence-electron chi connectivity index (χ4n) is 3.22. The van der Waals surface area contributed by atoms with Crippen molar-refractivity contribution < 1.29 is 4.74 Å². The Bertz CT molecular complexity index is 439. The third-order valence-corrected chi connectivity index (χ3v) is 4.52. The zero-order chi connectivity index (χ0) is 14.8. The fraction of sp³-hybridized carbons (Fsp3) is 0.667. The first-order chi connectivity index (χ1) is 9.44. The Morgan fingerprint density at radius 3 is 2.75 bits per heavy atom. The van der Waals surface area contributed by atoms with E-state index in [2.05, 4.69) is 64.2 Å². The van der Waals surface area contributed by atoms with Gasteiger partial charge in [0.2, 0.25) is 0 Å². The van der Waals surface area contributed by atoms with E-state index in [4.69, 9.17) is 4.74 Å². The molecule has 0 amide bonds. The van der Waals surface area contributed by atoms with Crippen molar-refractivity contribution in [2.24, 2.45) is 5.41 Å². The van der Waals surface area contributed by atoms with Crippen molar-refractivity contribution in [3.8, 4) is 5.75 Å². The van der Waals surface area contributed by atoms with Crippen molar-refractivity contribution in [1.29, 1.82) is 0 Å². The lowest BCUT2D eigenvalue weighted by Gasteiger charge is -2.31. The van der Waals surface area contributed by atoms with Gasteiger partial charge in [-0.05, 0) is 48.4 Å². The molecule has 2 nitrogen and oxygen atoms in total. The Balaban J connectivity index is 2.11. The smallest absolute Gasteiger partial charge is 0.120 e. The quantitative estimate of drug-likeness (QED) is 0.862. The Labute approximate surface area is 123 Å². The summed E-state index contributed by atoms with van der Waals surface area (Å²) in [5.41, 5.74) is 1.66. The number of benzene rings is 1. The van der Waals surface area contributed by atoms with Gasteiger partial charge in [-0.15, -0.1) is 0 Å². The summed E-state index contributed by atoms with van der Waals surface area (Å²) < 4.78 is 6.30. The number of ether oxygens (including phenoxy) is 1. The third-order valence-electron chi connectivity index (χ3n) is 4.52. The number of nitrogens with one attached hydrogen (secondary N) is 1. The van der Waals surface area contributed by atoms with E-state index < -0.39 is 0 Å². The maximum atomic E-state index is 6.30. The molecule has 0 radical (unpaired) electrons. The molecule has 0 aromatic heterocycles. The van der Waals surface area contributed by atoms with Crippen molar-refractivity contribution in [3.63, 3.8) is 0 Å². The van der Waals surface area contributed by atoms with Gasteiger partial charge in [-0.2, -0.15) is 0 Å². The number of likely N-dealkylation sites (N-methyl/N-ethyl adjacent to an activating group) is 1. The standard InChI is InChI=1S/C18H29NO/c1-6-19-17-16(10-11-18(17,4)5)20-15-9-7-8-14(12-15)13(2)3/h7-9,12-13,16-17,19H,6,10-11H2,1-5H3. The van der Waals surface area contributed by atoms with Gasteiger partial charge < -0.3 is 10.1 Å². The van der Waals surface area contributed by atoms with Crippen LogP contribution in [0.2, 0.25) is 0 Å². The van der Waals surface area contributed by atoms with Gasteiger partial charge >= 0.3 is 0 Å². The molecule has 0 aliphatic heterocycles. The van der Waals surface area contributed by atoms with Gasteiger partial charge in [0, 0.05) is 6.04 Å². The summed E-state index contributed by atoms with van der Waals surface area (Å²) in [5, 5.41) is 3.62. The van der Waals surface area contributed by atoms with E-state index in [0.717, 1.165) is 18.7 Å². The molecule has 2 atom stereocenters. The summed E-state index contributed by atoms with van der Waals surface area (Å²) >= 11 is 0. The molecular weight excluding hydrogens is 246 g/mol. The molecule has 2 heteroatoms. The Kier molecular flexibility index (Phi) is 4.74. The predicted octanol–water partition coefficient (Wildman–Crippen LogP) is 4.36. The van der Waals surface area contributed by atoms with E-state index >= 15 is 0 Å². The highest BCUT2D eigenvalue weighted by atomic mass is 16.5. The summed E-state index contributed by atoms with van der Waals surface area (Å²) in [6.07, 6.45) is 2.64. The maximum Gasteiger partial charge on any atom is 0.120 e. The lowest BCUT2D eigenvalue weighted by molar-refractivity contribution is 0.141. The first kappa shape index (κ1) is 15.4. The minimum Gasteiger partial charge on any atom is -0.489 e. The van der Waals surface area contributed by atoms with Crippen molar-refractivity contribution in [2.45, 2.75) is 65.5 Å². The van der Waals surface area contributed by atoms with Crippen LogP contribution in [0.4, 0.5) is 0 Å². The van der Waals surface area contributed by atoms with Crippen molar-refractivity contribution in [2.75, 3.05) is 6.54 Å². The molecule has 20 heavy (non-hydrogen) atoms. The van der Waals surface area contributed by atoms with E-state index in [-0.39, 0.29) is 6.10 Å². The predicted molar refractivity (Wildman–Crippen MR) is 85.4 cm³/mol. The average Bonchev–Trinajstić information content (AvgIpc) is 2.67. The third kappa shape index (κ3) is 3.35. The van der Waals surface area contributed by atoms with E-state index in [1.165, 1.54) is 12.0 Å². The summed E-state index contributed by atoms with van der Waals surface area (Å²) in [7, 11) is 0. The van der Waals surface area contributed by atoms with E-state index in [1.807, 2.05) is 0 Å². The second kappa shape index (κ2) is 6.17. The van der Waals surface area contributed by atoms with Crippen LogP contribution in [0.1, 0.15) is 58.9 Å². The number of rotatable bonds is 5. The molecule has 0 bridgehead atoms. The fourth-order valence-corrected chi connectivity index (χ4v) is 3.22. The van der Waals surface area contributed by atoms with Gasteiger partial charge in [0.1, 0.15) is 11.9 Å². The zero-order valence-corrected chi connectivity index (χ0v) is 13.6. The average molecular weight is 275 g/mol. The molecule has 1 fully saturated rings. The largest absolute Gasteiger partial charge is 0.489 e. The summed E-state index contributed by atoms with van der Waals surface area (Å²) in [4.78, 5) is 0. The molecule has 1 aromatic rings. The lowest BCUT2D eigenvalue weighted by Crippen LogP contribution is -2.46. The van der Waals surface area contributed by atoms with Crippen molar-refractivity contribution >= 4 is 0 Å². The molecule has 1 saturated carbocycles. The van der Waals surface area contributed by atoms with Crippen LogP contribution in [0.5, 0.6) is 5.75 Å². The van der Waals surface area contributed by atoms with E-state index in [0.29, 0.717) is 17.4 Å². The minimum atomic E-state index is 0.285. The van der Waals surface area contributed by atoms with Crippen LogP contribution in [-0.4, -0.2) is 18.7 Å². The maximum absolute atomic E-state index is 6.30. The van der Waals surface area contributed by atoms with Gasteiger partial charge in [-0.1, -0.05) is 46.8 Å². The van der Waals surface area contributed by atoms with Crippen LogP contribution in [0.15, 0.2) is 24.3 Å². The highest BCUT2D eigenvalue weighted by Gasteiger charge is 2.42. The molecule has 1 N–H and O–H groups in total. The minimum absolute atomic E-state index is 0.285. The van der Waals surface area contributed by atoms with Gasteiger partial charge in [0.05, 0.1) is 0 Å². The molecule has 112 valence electrons. The summed E-state index contributed by atoms with van der Waals surface area (Å²) in [6, 6.07) is 9.00. The molecule has 0 spiro atoms. The molecule has 1 aliphatic carbocycles. The molecule has 1 aromatic carbocycles. The Morgan fingerprint density at radius 2 is 2.10 bits per heavy atom. The molecule has 0 heterocycles. The molecule has 2 rings (SSSR count). The van der Waals surface area contributed by atoms with Crippen LogP contribution in [-0.2, 0) is 0 Å². The van der Waals surface area contributed by atoms with Gasteiger partial charge in [0.15, 0.2) is 0 Å². The molecule has 0 saturated heterocycles. The second-order valence-electron chi connectivity index (χ2n) is 6.95. The highest BCUT2D eigenvalue weighted by molar-refractivity contribution is 5.30. The molecule has 2 unspecified atom stereocenters. The van der Waals surface area contributed by atoms with Gasteiger partial charge in [-0.25, -0.2) is 0 Å². The number of hydrogen-bond donors (Lipinski definition) is 1. The first-order valence-electron chi connectivity index (χ1n) is 7.94. The van der Waals surface area contributed by atoms with Gasteiger partial charge in [-0.3, -0.25) is 0 Å². The van der Waals surface area contributed by atoms with E-state index in [9.17, 15) is 0 Å². The topological polar surface area (TPSA) is 21.3 Å². The summed E-state index contributed by atoms with van der Waals surface area (Å²) in [6.45, 7) is 12.3. The van der Waals surface area contributed by atoms with Crippen molar-refractivity contribution in [3.05, 3.63) is 29.8 Å². The SMILES string of the molecule is CCNC1C(Oc2cccc(C(C)C)c2)CCC1(C)C. The van der Waals surface area contributed by atoms with Crippen LogP contribution < -0.4 is 10.1 Å². The second-order valence-corrected chi connectivity index (χ2v) is 6.95. The van der Waals surface area contributed by atoms with Gasteiger partial charge in [0.25, 0.3) is 0 Å². The summed E-state index contributed by atoms with van der Waals surface area (Å²) in [5.74, 6) is 1.56. The van der Waals surface area contributed by atoms with Crippen LogP contribution in [0.25, 0.3) is 0 Å². The highest BCUT2D eigenvalue weighted by Crippen LogP contribution is 2.39. The Morgan fingerprint density at radius 1 is 1.35 bits per heavy atom.